The van der Waals surface area contributed by atoms with Crippen LogP contribution in [0.1, 0.15) is 30.4 Å². The molecule has 1 atom stereocenters. The van der Waals surface area contributed by atoms with Crippen molar-refractivity contribution in [2.75, 3.05) is 5.32 Å². The molecule has 0 bridgehead atoms. The van der Waals surface area contributed by atoms with Crippen molar-refractivity contribution in [2.24, 2.45) is 5.92 Å². The van der Waals surface area contributed by atoms with Gasteiger partial charge in [-0.2, -0.15) is 0 Å². The van der Waals surface area contributed by atoms with Gasteiger partial charge in [0.25, 0.3) is 0 Å². The van der Waals surface area contributed by atoms with Crippen LogP contribution in [0.5, 0.6) is 0 Å². The highest BCUT2D eigenvalue weighted by molar-refractivity contribution is 9.10. The number of aliphatic carboxylic acids is 1. The maximum atomic E-state index is 12.0. The molecular formula is C15H19BrN2O3. The van der Waals surface area contributed by atoms with Crippen LogP contribution in [0.2, 0.25) is 0 Å². The van der Waals surface area contributed by atoms with E-state index >= 15 is 0 Å². The van der Waals surface area contributed by atoms with Crippen molar-refractivity contribution in [2.45, 2.75) is 39.2 Å². The smallest absolute Gasteiger partial charge is 0.319 e. The van der Waals surface area contributed by atoms with Crippen molar-refractivity contribution in [3.05, 3.63) is 27.7 Å². The minimum Gasteiger partial charge on any atom is -0.481 e. The summed E-state index contributed by atoms with van der Waals surface area (Å²) in [6.07, 6.45) is 1.93. The van der Waals surface area contributed by atoms with E-state index in [9.17, 15) is 9.59 Å². The Labute approximate surface area is 132 Å². The Hall–Kier alpha value is -1.56. The second-order valence-electron chi connectivity index (χ2n) is 5.56. The van der Waals surface area contributed by atoms with E-state index in [2.05, 4.69) is 26.6 Å². The molecule has 1 aliphatic rings. The normalized spacial score (nSPS) is 15.4. The number of nitrogens with one attached hydrogen (secondary N) is 2. The van der Waals surface area contributed by atoms with Gasteiger partial charge >= 0.3 is 12.0 Å². The number of carboxylic acid groups (broad SMARTS) is 1. The topological polar surface area (TPSA) is 78.4 Å². The van der Waals surface area contributed by atoms with Gasteiger partial charge in [-0.1, -0.05) is 15.9 Å². The van der Waals surface area contributed by atoms with Crippen LogP contribution in [-0.4, -0.2) is 23.1 Å². The van der Waals surface area contributed by atoms with Crippen molar-refractivity contribution in [3.8, 4) is 0 Å². The zero-order valence-corrected chi connectivity index (χ0v) is 13.7. The van der Waals surface area contributed by atoms with Crippen LogP contribution in [0.25, 0.3) is 0 Å². The average molecular weight is 355 g/mol. The molecule has 1 aromatic carbocycles. The molecule has 0 aromatic heterocycles. The lowest BCUT2D eigenvalue weighted by atomic mass is 10.1. The Kier molecular flexibility index (Phi) is 4.88. The van der Waals surface area contributed by atoms with Gasteiger partial charge in [-0.25, -0.2) is 4.79 Å². The number of rotatable bonds is 5. The van der Waals surface area contributed by atoms with Crippen molar-refractivity contribution < 1.29 is 14.7 Å². The number of carboxylic acids is 1. The van der Waals surface area contributed by atoms with E-state index in [1.807, 2.05) is 26.0 Å². The maximum absolute atomic E-state index is 12.0. The number of amides is 2. The van der Waals surface area contributed by atoms with Crippen LogP contribution in [0.4, 0.5) is 10.5 Å². The fourth-order valence-corrected chi connectivity index (χ4v) is 2.60. The predicted molar refractivity (Wildman–Crippen MR) is 84.5 cm³/mol. The third-order valence-corrected chi connectivity index (χ3v) is 4.85. The molecule has 6 heteroatoms. The number of carbonyl (C=O) groups is 2. The Morgan fingerprint density at radius 3 is 2.38 bits per heavy atom. The highest BCUT2D eigenvalue weighted by atomic mass is 79.9. The Balaban J connectivity index is 1.99. The molecule has 5 nitrogen and oxygen atoms in total. The molecule has 1 aromatic rings. The maximum Gasteiger partial charge on any atom is 0.319 e. The van der Waals surface area contributed by atoms with E-state index in [1.54, 1.807) is 0 Å². The third kappa shape index (κ3) is 4.46. The molecule has 0 heterocycles. The van der Waals surface area contributed by atoms with Gasteiger partial charge in [-0.05, 0) is 55.9 Å². The molecule has 1 unspecified atom stereocenters. The first-order chi connectivity index (χ1) is 9.86. The van der Waals surface area contributed by atoms with Gasteiger partial charge in [0, 0.05) is 16.2 Å². The summed E-state index contributed by atoms with van der Waals surface area (Å²) >= 11 is 3.48. The second-order valence-corrected chi connectivity index (χ2v) is 6.36. The van der Waals surface area contributed by atoms with Crippen molar-refractivity contribution in [1.82, 2.24) is 5.32 Å². The fourth-order valence-electron chi connectivity index (χ4n) is 2.38. The highest BCUT2D eigenvalue weighted by Gasteiger charge is 2.33. The Bertz CT molecular complexity index is 547. The first kappa shape index (κ1) is 15.8. The summed E-state index contributed by atoms with van der Waals surface area (Å²) in [5.41, 5.74) is 2.78. The molecule has 21 heavy (non-hydrogen) atoms. The van der Waals surface area contributed by atoms with Gasteiger partial charge in [-0.3, -0.25) is 4.79 Å². The quantitative estimate of drug-likeness (QED) is 0.757. The lowest BCUT2D eigenvalue weighted by molar-refractivity contribution is -0.137. The molecule has 1 fully saturated rings. The molecular weight excluding hydrogens is 336 g/mol. The number of carbonyl (C=O) groups excluding carboxylic acids is 1. The standard InChI is InChI=1S/C15H19BrN2O3/c1-8-5-11(6-9(2)14(8)16)17-15(21)18-12(7-13(19)20)10-3-4-10/h5-6,10,12H,3-4,7H2,1-2H3,(H,19,20)(H2,17,18,21). The summed E-state index contributed by atoms with van der Waals surface area (Å²) in [5.74, 6) is -0.595. The van der Waals surface area contributed by atoms with Crippen LogP contribution in [-0.2, 0) is 4.79 Å². The van der Waals surface area contributed by atoms with Crippen LogP contribution >= 0.6 is 15.9 Å². The molecule has 3 N–H and O–H groups in total. The van der Waals surface area contributed by atoms with E-state index in [4.69, 9.17) is 5.11 Å². The minimum atomic E-state index is -0.887. The lowest BCUT2D eigenvalue weighted by Gasteiger charge is -2.17. The van der Waals surface area contributed by atoms with E-state index in [1.165, 1.54) is 0 Å². The van der Waals surface area contributed by atoms with Crippen molar-refractivity contribution in [1.29, 1.82) is 0 Å². The number of urea groups is 1. The van der Waals surface area contributed by atoms with Gasteiger partial charge in [0.1, 0.15) is 0 Å². The summed E-state index contributed by atoms with van der Waals surface area (Å²) in [5, 5.41) is 14.4. The highest BCUT2D eigenvalue weighted by Crippen LogP contribution is 2.34. The molecule has 1 saturated carbocycles. The predicted octanol–water partition coefficient (Wildman–Crippen LogP) is 3.44. The molecule has 0 radical (unpaired) electrons. The number of benzene rings is 1. The van der Waals surface area contributed by atoms with Gasteiger partial charge in [-0.15, -0.1) is 0 Å². The van der Waals surface area contributed by atoms with Crippen LogP contribution < -0.4 is 10.6 Å². The van der Waals surface area contributed by atoms with Crippen LogP contribution in [0.15, 0.2) is 16.6 Å². The fraction of sp³-hybridized carbons (Fsp3) is 0.467. The molecule has 0 spiro atoms. The SMILES string of the molecule is Cc1cc(NC(=O)NC(CC(=O)O)C2CC2)cc(C)c1Br. The molecule has 0 saturated heterocycles. The Morgan fingerprint density at radius 2 is 1.90 bits per heavy atom. The average Bonchev–Trinajstić information content (AvgIpc) is 3.18. The molecule has 2 rings (SSSR count). The number of hydrogen-bond donors (Lipinski definition) is 3. The van der Waals surface area contributed by atoms with E-state index in [0.29, 0.717) is 11.6 Å². The summed E-state index contributed by atoms with van der Waals surface area (Å²) < 4.78 is 1.02. The van der Waals surface area contributed by atoms with Crippen molar-refractivity contribution >= 4 is 33.6 Å². The molecule has 2 amide bonds. The number of hydrogen-bond acceptors (Lipinski definition) is 2. The van der Waals surface area contributed by atoms with E-state index in [-0.39, 0.29) is 18.5 Å². The second kappa shape index (κ2) is 6.47. The van der Waals surface area contributed by atoms with E-state index < -0.39 is 5.97 Å². The number of halogens is 1. The molecule has 1 aliphatic carbocycles. The number of aryl methyl sites for hydroxylation is 2. The van der Waals surface area contributed by atoms with Gasteiger partial charge in [0.05, 0.1) is 6.42 Å². The first-order valence-electron chi connectivity index (χ1n) is 6.93. The zero-order chi connectivity index (χ0) is 15.6. The third-order valence-electron chi connectivity index (χ3n) is 3.60. The van der Waals surface area contributed by atoms with Crippen LogP contribution in [0, 0.1) is 19.8 Å². The first-order valence-corrected chi connectivity index (χ1v) is 7.72. The zero-order valence-electron chi connectivity index (χ0n) is 12.1. The summed E-state index contributed by atoms with van der Waals surface area (Å²) in [7, 11) is 0. The van der Waals surface area contributed by atoms with Crippen molar-refractivity contribution in [3.63, 3.8) is 0 Å². The monoisotopic (exact) mass is 354 g/mol. The number of anilines is 1. The minimum absolute atomic E-state index is 0.0313. The largest absolute Gasteiger partial charge is 0.481 e. The summed E-state index contributed by atoms with van der Waals surface area (Å²) in [6.45, 7) is 3.91. The van der Waals surface area contributed by atoms with Gasteiger partial charge in [0.2, 0.25) is 0 Å². The van der Waals surface area contributed by atoms with Gasteiger partial charge < -0.3 is 15.7 Å². The van der Waals surface area contributed by atoms with E-state index in [0.717, 1.165) is 28.4 Å². The lowest BCUT2D eigenvalue weighted by Crippen LogP contribution is -2.40. The Morgan fingerprint density at radius 1 is 1.33 bits per heavy atom. The van der Waals surface area contributed by atoms with Crippen LogP contribution in [0.3, 0.4) is 0 Å². The summed E-state index contributed by atoms with van der Waals surface area (Å²) in [4.78, 5) is 22.8. The van der Waals surface area contributed by atoms with Gasteiger partial charge in [0.15, 0.2) is 0 Å². The molecule has 114 valence electrons. The summed E-state index contributed by atoms with van der Waals surface area (Å²) in [6, 6.07) is 3.11. The molecule has 0 aliphatic heterocycles.